The fourth-order valence-corrected chi connectivity index (χ4v) is 2.54. The van der Waals surface area contributed by atoms with Crippen molar-refractivity contribution in [2.75, 3.05) is 6.54 Å². The van der Waals surface area contributed by atoms with E-state index in [1.54, 1.807) is 19.1 Å². The van der Waals surface area contributed by atoms with Crippen LogP contribution in [0.3, 0.4) is 0 Å². The summed E-state index contributed by atoms with van der Waals surface area (Å²) >= 11 is 0. The van der Waals surface area contributed by atoms with Crippen LogP contribution in [-0.4, -0.2) is 17.7 Å². The Hall–Kier alpha value is -0.930. The zero-order valence-corrected chi connectivity index (χ0v) is 10.4. The van der Waals surface area contributed by atoms with Crippen molar-refractivity contribution in [3.63, 3.8) is 0 Å². The molecule has 0 aliphatic carbocycles. The fraction of sp³-hybridized carbons (Fsp3) is 0.571. The molecule has 1 aliphatic rings. The lowest BCUT2D eigenvalue weighted by atomic mass is 9.80. The van der Waals surface area contributed by atoms with Crippen LogP contribution >= 0.6 is 0 Å². The van der Waals surface area contributed by atoms with Crippen molar-refractivity contribution in [2.45, 2.75) is 38.3 Å². The van der Waals surface area contributed by atoms with Crippen LogP contribution in [0.2, 0.25) is 0 Å². The number of rotatable bonds is 2. The first-order valence-corrected chi connectivity index (χ1v) is 6.22. The van der Waals surface area contributed by atoms with Gasteiger partial charge in [-0.2, -0.15) is 0 Å². The van der Waals surface area contributed by atoms with Crippen molar-refractivity contribution < 1.29 is 9.50 Å². The highest BCUT2D eigenvalue weighted by Gasteiger charge is 2.36. The van der Waals surface area contributed by atoms with Crippen LogP contribution in [0.15, 0.2) is 24.3 Å². The molecule has 2 rings (SSSR count). The zero-order valence-electron chi connectivity index (χ0n) is 10.4. The van der Waals surface area contributed by atoms with E-state index >= 15 is 0 Å². The predicted molar refractivity (Wildman–Crippen MR) is 66.2 cm³/mol. The Morgan fingerprint density at radius 1 is 1.47 bits per heavy atom. The van der Waals surface area contributed by atoms with Gasteiger partial charge in [0.1, 0.15) is 11.4 Å². The third-order valence-corrected chi connectivity index (χ3v) is 3.75. The van der Waals surface area contributed by atoms with Crippen molar-refractivity contribution in [1.29, 1.82) is 0 Å². The summed E-state index contributed by atoms with van der Waals surface area (Å²) in [4.78, 5) is 0. The minimum absolute atomic E-state index is 0.00644. The highest BCUT2D eigenvalue weighted by atomic mass is 19.1. The molecule has 94 valence electrons. The molecule has 0 aromatic heterocycles. The van der Waals surface area contributed by atoms with Crippen LogP contribution in [0.25, 0.3) is 0 Å². The Morgan fingerprint density at radius 2 is 2.24 bits per heavy atom. The molecule has 1 aromatic rings. The summed E-state index contributed by atoms with van der Waals surface area (Å²) in [7, 11) is 0. The minimum Gasteiger partial charge on any atom is -0.384 e. The molecule has 1 heterocycles. The maximum absolute atomic E-state index is 13.2. The summed E-state index contributed by atoms with van der Waals surface area (Å²) in [6.45, 7) is 4.87. The molecule has 2 nitrogen and oxygen atoms in total. The third-order valence-electron chi connectivity index (χ3n) is 3.75. The van der Waals surface area contributed by atoms with E-state index in [1.165, 1.54) is 12.1 Å². The van der Waals surface area contributed by atoms with Crippen molar-refractivity contribution in [1.82, 2.24) is 5.32 Å². The molecule has 1 fully saturated rings. The van der Waals surface area contributed by atoms with Crippen molar-refractivity contribution >= 4 is 0 Å². The normalized spacial score (nSPS) is 28.7. The molecular weight excluding hydrogens is 217 g/mol. The molecule has 2 N–H and O–H groups in total. The van der Waals surface area contributed by atoms with E-state index in [-0.39, 0.29) is 11.9 Å². The molecule has 0 spiro atoms. The Kier molecular flexibility index (Phi) is 3.50. The predicted octanol–water partition coefficient (Wildman–Crippen LogP) is 2.42. The van der Waals surface area contributed by atoms with E-state index in [2.05, 4.69) is 12.2 Å². The lowest BCUT2D eigenvalue weighted by molar-refractivity contribution is -0.00164. The van der Waals surface area contributed by atoms with Gasteiger partial charge in [0, 0.05) is 6.04 Å². The van der Waals surface area contributed by atoms with Crippen molar-refractivity contribution in [3.8, 4) is 0 Å². The first-order valence-electron chi connectivity index (χ1n) is 6.22. The Labute approximate surface area is 102 Å². The lowest BCUT2D eigenvalue weighted by Crippen LogP contribution is -2.50. The molecule has 0 radical (unpaired) electrons. The van der Waals surface area contributed by atoms with Crippen LogP contribution in [0.1, 0.15) is 32.3 Å². The van der Waals surface area contributed by atoms with Crippen LogP contribution in [0.5, 0.6) is 0 Å². The monoisotopic (exact) mass is 237 g/mol. The van der Waals surface area contributed by atoms with E-state index in [9.17, 15) is 9.50 Å². The van der Waals surface area contributed by atoms with Crippen LogP contribution < -0.4 is 5.32 Å². The Morgan fingerprint density at radius 3 is 2.88 bits per heavy atom. The molecule has 3 unspecified atom stereocenters. The van der Waals surface area contributed by atoms with Crippen LogP contribution in [0.4, 0.5) is 4.39 Å². The van der Waals surface area contributed by atoms with Crippen LogP contribution in [0, 0.1) is 11.7 Å². The fourth-order valence-electron chi connectivity index (χ4n) is 2.54. The number of nitrogens with one attached hydrogen (secondary N) is 1. The summed E-state index contributed by atoms with van der Waals surface area (Å²) in [5.41, 5.74) is -0.374. The van der Waals surface area contributed by atoms with Gasteiger partial charge in [0.15, 0.2) is 0 Å². The summed E-state index contributed by atoms with van der Waals surface area (Å²) in [6.07, 6.45) is 2.05. The Bertz CT molecular complexity index is 392. The van der Waals surface area contributed by atoms with E-state index in [0.717, 1.165) is 19.4 Å². The van der Waals surface area contributed by atoms with Gasteiger partial charge in [-0.25, -0.2) is 4.39 Å². The van der Waals surface area contributed by atoms with Gasteiger partial charge in [0.25, 0.3) is 0 Å². The van der Waals surface area contributed by atoms with Gasteiger partial charge in [-0.15, -0.1) is 0 Å². The largest absolute Gasteiger partial charge is 0.384 e. The number of benzene rings is 1. The van der Waals surface area contributed by atoms with E-state index < -0.39 is 5.60 Å². The number of piperidine rings is 1. The van der Waals surface area contributed by atoms with E-state index in [0.29, 0.717) is 11.5 Å². The quantitative estimate of drug-likeness (QED) is 0.828. The molecule has 1 aromatic carbocycles. The molecular formula is C14H20FNO. The highest BCUT2D eigenvalue weighted by molar-refractivity contribution is 5.24. The average molecular weight is 237 g/mol. The summed E-state index contributed by atoms with van der Waals surface area (Å²) in [6, 6.07) is 6.24. The summed E-state index contributed by atoms with van der Waals surface area (Å²) in [5.74, 6) is 0.299. The Balaban J connectivity index is 2.22. The second-order valence-electron chi connectivity index (χ2n) is 5.29. The van der Waals surface area contributed by atoms with E-state index in [1.807, 2.05) is 0 Å². The molecule has 1 saturated heterocycles. The molecule has 3 atom stereocenters. The van der Waals surface area contributed by atoms with Gasteiger partial charge < -0.3 is 10.4 Å². The molecule has 0 saturated carbocycles. The maximum Gasteiger partial charge on any atom is 0.123 e. The highest BCUT2D eigenvalue weighted by Crippen LogP contribution is 2.31. The maximum atomic E-state index is 13.2. The number of hydrogen-bond acceptors (Lipinski definition) is 2. The van der Waals surface area contributed by atoms with Gasteiger partial charge in [-0.3, -0.25) is 0 Å². The zero-order chi connectivity index (χ0) is 12.5. The van der Waals surface area contributed by atoms with Gasteiger partial charge in [-0.05, 0) is 49.9 Å². The van der Waals surface area contributed by atoms with Crippen molar-refractivity contribution in [2.24, 2.45) is 5.92 Å². The second kappa shape index (κ2) is 4.75. The third kappa shape index (κ3) is 2.67. The van der Waals surface area contributed by atoms with Gasteiger partial charge in [-0.1, -0.05) is 19.1 Å². The van der Waals surface area contributed by atoms with Crippen LogP contribution in [-0.2, 0) is 5.60 Å². The first kappa shape index (κ1) is 12.5. The number of hydrogen-bond donors (Lipinski definition) is 2. The second-order valence-corrected chi connectivity index (χ2v) is 5.29. The van der Waals surface area contributed by atoms with Gasteiger partial charge in [0.2, 0.25) is 0 Å². The SMILES string of the molecule is CC1CCNC(C(C)(O)c2cccc(F)c2)C1. The topological polar surface area (TPSA) is 32.3 Å². The number of halogens is 1. The summed E-state index contributed by atoms with van der Waals surface area (Å²) in [5, 5.41) is 14.0. The van der Waals surface area contributed by atoms with Crippen molar-refractivity contribution in [3.05, 3.63) is 35.6 Å². The first-order chi connectivity index (χ1) is 8.00. The summed E-state index contributed by atoms with van der Waals surface area (Å²) < 4.78 is 13.2. The molecule has 0 bridgehead atoms. The molecule has 3 heteroatoms. The standard InChI is InChI=1S/C14H20FNO/c1-10-6-7-16-13(8-10)14(2,17)11-4-3-5-12(15)9-11/h3-5,9-10,13,16-17H,6-8H2,1-2H3. The minimum atomic E-state index is -1.02. The van der Waals surface area contributed by atoms with Gasteiger partial charge >= 0.3 is 0 Å². The molecule has 0 amide bonds. The van der Waals surface area contributed by atoms with Gasteiger partial charge in [0.05, 0.1) is 0 Å². The molecule has 1 aliphatic heterocycles. The average Bonchev–Trinajstić information content (AvgIpc) is 2.29. The van der Waals surface area contributed by atoms with E-state index in [4.69, 9.17) is 0 Å². The molecule has 17 heavy (non-hydrogen) atoms. The smallest absolute Gasteiger partial charge is 0.123 e. The lowest BCUT2D eigenvalue weighted by Gasteiger charge is -2.39. The number of aliphatic hydroxyl groups is 1.